The summed E-state index contributed by atoms with van der Waals surface area (Å²) in [6.07, 6.45) is 4.60. The predicted octanol–water partition coefficient (Wildman–Crippen LogP) is 2.89. The number of H-pyrrole nitrogens is 1. The third-order valence-corrected chi connectivity index (χ3v) is 3.74. The Labute approximate surface area is 116 Å². The molecule has 0 bridgehead atoms. The maximum atomic E-state index is 12.0. The Hall–Kier alpha value is -1.61. The van der Waals surface area contributed by atoms with E-state index in [4.69, 9.17) is 11.6 Å². The van der Waals surface area contributed by atoms with Crippen molar-refractivity contribution in [2.45, 2.75) is 32.1 Å². The van der Waals surface area contributed by atoms with E-state index in [1.54, 1.807) is 0 Å². The van der Waals surface area contributed by atoms with Gasteiger partial charge in [0.1, 0.15) is 5.82 Å². The van der Waals surface area contributed by atoms with Crippen LogP contribution in [0.25, 0.3) is 0 Å². The van der Waals surface area contributed by atoms with E-state index in [9.17, 15) is 4.79 Å². The largest absolute Gasteiger partial charge is 0.310 e. The summed E-state index contributed by atoms with van der Waals surface area (Å²) in [5.41, 5.74) is 2.95. The Kier molecular flexibility index (Phi) is 3.38. The average Bonchev–Trinajstić information content (AvgIpc) is 2.39. The topological polar surface area (TPSA) is 45.8 Å². The van der Waals surface area contributed by atoms with Crippen molar-refractivity contribution in [3.63, 3.8) is 0 Å². The fourth-order valence-corrected chi connectivity index (χ4v) is 2.79. The second-order valence-corrected chi connectivity index (χ2v) is 5.39. The van der Waals surface area contributed by atoms with Crippen LogP contribution < -0.4 is 5.56 Å². The Morgan fingerprint density at radius 2 is 2.11 bits per heavy atom. The molecule has 0 atom stereocenters. The minimum atomic E-state index is 0.0294. The van der Waals surface area contributed by atoms with Gasteiger partial charge in [0, 0.05) is 17.0 Å². The summed E-state index contributed by atoms with van der Waals surface area (Å²) >= 11 is 5.97. The number of halogens is 1. The van der Waals surface area contributed by atoms with Crippen molar-refractivity contribution in [1.29, 1.82) is 0 Å². The van der Waals surface area contributed by atoms with E-state index >= 15 is 0 Å². The van der Waals surface area contributed by atoms with Crippen LogP contribution in [0, 0.1) is 0 Å². The normalized spacial score (nSPS) is 14.2. The number of nitrogens with one attached hydrogen (secondary N) is 1. The monoisotopic (exact) mass is 274 g/mol. The van der Waals surface area contributed by atoms with E-state index in [1.165, 1.54) is 0 Å². The molecule has 1 aromatic heterocycles. The molecule has 2 aromatic rings. The molecule has 3 rings (SSSR count). The number of fused-ring (bicyclic) bond motifs is 1. The molecule has 1 heterocycles. The number of nitrogens with zero attached hydrogens (tertiary/aromatic N) is 1. The highest BCUT2D eigenvalue weighted by atomic mass is 35.5. The first kappa shape index (κ1) is 12.4. The van der Waals surface area contributed by atoms with Crippen LogP contribution in [0.4, 0.5) is 0 Å². The van der Waals surface area contributed by atoms with Crippen LogP contribution in [-0.4, -0.2) is 9.97 Å². The molecule has 3 nitrogen and oxygen atoms in total. The molecular formula is C15H15ClN2O. The van der Waals surface area contributed by atoms with E-state index in [0.717, 1.165) is 48.3 Å². The van der Waals surface area contributed by atoms with E-state index in [2.05, 4.69) is 9.97 Å². The number of rotatable bonds is 2. The summed E-state index contributed by atoms with van der Waals surface area (Å²) in [4.78, 5) is 19.5. The van der Waals surface area contributed by atoms with Crippen molar-refractivity contribution >= 4 is 11.6 Å². The molecule has 98 valence electrons. The van der Waals surface area contributed by atoms with Crippen LogP contribution in [0.5, 0.6) is 0 Å². The van der Waals surface area contributed by atoms with Crippen molar-refractivity contribution in [1.82, 2.24) is 9.97 Å². The van der Waals surface area contributed by atoms with Gasteiger partial charge in [0.2, 0.25) is 0 Å². The molecule has 0 radical (unpaired) electrons. The van der Waals surface area contributed by atoms with E-state index in [-0.39, 0.29) is 5.56 Å². The minimum absolute atomic E-state index is 0.0294. The highest BCUT2D eigenvalue weighted by molar-refractivity contribution is 6.30. The average molecular weight is 275 g/mol. The lowest BCUT2D eigenvalue weighted by molar-refractivity contribution is 0.648. The van der Waals surface area contributed by atoms with Crippen molar-refractivity contribution in [3.8, 4) is 0 Å². The van der Waals surface area contributed by atoms with Gasteiger partial charge in [0.25, 0.3) is 5.56 Å². The fourth-order valence-electron chi connectivity index (χ4n) is 2.58. The minimum Gasteiger partial charge on any atom is -0.310 e. The zero-order valence-electron chi connectivity index (χ0n) is 10.6. The second kappa shape index (κ2) is 5.17. The van der Waals surface area contributed by atoms with Gasteiger partial charge in [-0.3, -0.25) is 4.79 Å². The SMILES string of the molecule is O=c1[nH]c(Cc2cccc(Cl)c2)nc2c1CCCC2. The summed E-state index contributed by atoms with van der Waals surface area (Å²) in [6, 6.07) is 7.65. The maximum absolute atomic E-state index is 12.0. The maximum Gasteiger partial charge on any atom is 0.254 e. The van der Waals surface area contributed by atoms with Gasteiger partial charge in [-0.1, -0.05) is 23.7 Å². The first-order valence-electron chi connectivity index (χ1n) is 6.58. The fraction of sp³-hybridized carbons (Fsp3) is 0.333. The molecule has 19 heavy (non-hydrogen) atoms. The number of aromatic amines is 1. The highest BCUT2D eigenvalue weighted by Gasteiger charge is 2.15. The molecule has 1 aliphatic rings. The standard InChI is InChI=1S/C15H15ClN2O/c16-11-5-3-4-10(8-11)9-14-17-13-7-2-1-6-12(13)15(19)18-14/h3-5,8H,1-2,6-7,9H2,(H,17,18,19). The third kappa shape index (κ3) is 2.71. The van der Waals surface area contributed by atoms with Crippen molar-refractivity contribution in [3.05, 3.63) is 62.3 Å². The number of aromatic nitrogens is 2. The summed E-state index contributed by atoms with van der Waals surface area (Å²) in [5, 5.41) is 0.706. The molecule has 0 unspecified atom stereocenters. The first-order chi connectivity index (χ1) is 9.22. The second-order valence-electron chi connectivity index (χ2n) is 4.95. The lowest BCUT2D eigenvalue weighted by Gasteiger charge is -2.14. The molecule has 0 fully saturated rings. The van der Waals surface area contributed by atoms with Crippen LogP contribution in [0.15, 0.2) is 29.1 Å². The molecule has 0 saturated heterocycles. The third-order valence-electron chi connectivity index (χ3n) is 3.50. The Morgan fingerprint density at radius 1 is 1.26 bits per heavy atom. The van der Waals surface area contributed by atoms with Crippen molar-refractivity contribution in [2.24, 2.45) is 0 Å². The van der Waals surface area contributed by atoms with Crippen molar-refractivity contribution in [2.75, 3.05) is 0 Å². The highest BCUT2D eigenvalue weighted by Crippen LogP contribution is 2.17. The van der Waals surface area contributed by atoms with Crippen LogP contribution >= 0.6 is 11.6 Å². The molecule has 1 N–H and O–H groups in total. The summed E-state index contributed by atoms with van der Waals surface area (Å²) < 4.78 is 0. The number of hydrogen-bond donors (Lipinski definition) is 1. The predicted molar refractivity (Wildman–Crippen MR) is 75.8 cm³/mol. The Bertz CT molecular complexity index is 663. The summed E-state index contributed by atoms with van der Waals surface area (Å²) in [7, 11) is 0. The smallest absolute Gasteiger partial charge is 0.254 e. The van der Waals surface area contributed by atoms with E-state index < -0.39 is 0 Å². The molecule has 0 saturated carbocycles. The molecule has 0 spiro atoms. The lowest BCUT2D eigenvalue weighted by atomic mass is 9.97. The molecule has 4 heteroatoms. The first-order valence-corrected chi connectivity index (χ1v) is 6.95. The lowest BCUT2D eigenvalue weighted by Crippen LogP contribution is -2.23. The van der Waals surface area contributed by atoms with Crippen LogP contribution in [0.2, 0.25) is 5.02 Å². The quantitative estimate of drug-likeness (QED) is 0.915. The number of aryl methyl sites for hydroxylation is 1. The van der Waals surface area contributed by atoms with Gasteiger partial charge in [-0.25, -0.2) is 4.98 Å². The van der Waals surface area contributed by atoms with Gasteiger partial charge in [0.05, 0.1) is 5.69 Å². The van der Waals surface area contributed by atoms with E-state index in [0.29, 0.717) is 11.4 Å². The zero-order valence-corrected chi connectivity index (χ0v) is 11.3. The van der Waals surface area contributed by atoms with Gasteiger partial charge < -0.3 is 4.98 Å². The molecular weight excluding hydrogens is 260 g/mol. The van der Waals surface area contributed by atoms with Gasteiger partial charge in [0.15, 0.2) is 0 Å². The van der Waals surface area contributed by atoms with Crippen LogP contribution in [-0.2, 0) is 19.3 Å². The molecule has 1 aliphatic carbocycles. The summed E-state index contributed by atoms with van der Waals surface area (Å²) in [6.45, 7) is 0. The van der Waals surface area contributed by atoms with Crippen molar-refractivity contribution < 1.29 is 0 Å². The number of hydrogen-bond acceptors (Lipinski definition) is 2. The van der Waals surface area contributed by atoms with Crippen LogP contribution in [0.1, 0.15) is 35.5 Å². The summed E-state index contributed by atoms with van der Waals surface area (Å²) in [5.74, 6) is 0.730. The zero-order chi connectivity index (χ0) is 13.2. The van der Waals surface area contributed by atoms with Gasteiger partial charge in [-0.2, -0.15) is 0 Å². The van der Waals surface area contributed by atoms with E-state index in [1.807, 2.05) is 24.3 Å². The number of benzene rings is 1. The van der Waals surface area contributed by atoms with Gasteiger partial charge in [-0.05, 0) is 43.4 Å². The van der Waals surface area contributed by atoms with Crippen LogP contribution in [0.3, 0.4) is 0 Å². The Morgan fingerprint density at radius 3 is 2.95 bits per heavy atom. The van der Waals surface area contributed by atoms with Gasteiger partial charge >= 0.3 is 0 Å². The molecule has 0 aliphatic heterocycles. The molecule has 0 amide bonds. The van der Waals surface area contributed by atoms with Gasteiger partial charge in [-0.15, -0.1) is 0 Å². The Balaban J connectivity index is 1.94. The molecule has 1 aromatic carbocycles.